The summed E-state index contributed by atoms with van der Waals surface area (Å²) in [5, 5.41) is 0. The minimum Gasteiger partial charge on any atom is -0.339 e. The van der Waals surface area contributed by atoms with Gasteiger partial charge in [-0.2, -0.15) is 0 Å². The summed E-state index contributed by atoms with van der Waals surface area (Å²) in [5.74, 6) is 5.81. The third kappa shape index (κ3) is 1.47. The molecule has 13 heavy (non-hydrogen) atoms. The predicted molar refractivity (Wildman–Crippen MR) is 49.4 cm³/mol. The van der Waals surface area contributed by atoms with Gasteiger partial charge in [-0.1, -0.05) is 13.8 Å². The summed E-state index contributed by atoms with van der Waals surface area (Å²) < 4.78 is 1.27. The minimum absolute atomic E-state index is 0.192. The molecule has 4 nitrogen and oxygen atoms in total. The van der Waals surface area contributed by atoms with Crippen molar-refractivity contribution in [3.63, 3.8) is 0 Å². The van der Waals surface area contributed by atoms with Crippen molar-refractivity contribution >= 4 is 12.6 Å². The van der Waals surface area contributed by atoms with Crippen LogP contribution in [0.25, 0.3) is 0 Å². The number of aldehydes is 2. The Morgan fingerprint density at radius 3 is 2.31 bits per heavy atom. The van der Waals surface area contributed by atoms with Crippen LogP contribution >= 0.6 is 0 Å². The summed E-state index contributed by atoms with van der Waals surface area (Å²) in [5.41, 5.74) is 1.36. The van der Waals surface area contributed by atoms with Crippen LogP contribution in [0.15, 0.2) is 6.07 Å². The van der Waals surface area contributed by atoms with Gasteiger partial charge in [0.1, 0.15) is 5.69 Å². The fraction of sp³-hybridized carbons (Fsp3) is 0.333. The van der Waals surface area contributed by atoms with Gasteiger partial charge in [-0.25, -0.2) is 0 Å². The highest BCUT2D eigenvalue weighted by atomic mass is 16.1. The fourth-order valence-electron chi connectivity index (χ4n) is 1.25. The highest BCUT2D eigenvalue weighted by molar-refractivity contribution is 5.89. The molecule has 0 aliphatic rings. The van der Waals surface area contributed by atoms with E-state index in [1.807, 2.05) is 13.8 Å². The Morgan fingerprint density at radius 2 is 2.00 bits per heavy atom. The van der Waals surface area contributed by atoms with Gasteiger partial charge in [-0.05, 0) is 12.0 Å². The molecule has 0 fully saturated rings. The number of nitrogen functional groups attached to an aromatic ring is 1. The van der Waals surface area contributed by atoms with Gasteiger partial charge in [0, 0.05) is 11.3 Å². The Hall–Kier alpha value is -1.58. The molecular weight excluding hydrogens is 168 g/mol. The molecule has 0 saturated heterocycles. The summed E-state index contributed by atoms with van der Waals surface area (Å²) in [4.78, 5) is 21.1. The van der Waals surface area contributed by atoms with Crippen LogP contribution in [0.1, 0.15) is 46.3 Å². The van der Waals surface area contributed by atoms with Gasteiger partial charge >= 0.3 is 0 Å². The second-order valence-corrected chi connectivity index (χ2v) is 3.17. The molecule has 0 aliphatic carbocycles. The minimum atomic E-state index is 0.192. The molecule has 0 bridgehead atoms. The zero-order chi connectivity index (χ0) is 10.0. The number of aromatic nitrogens is 1. The maximum atomic E-state index is 10.6. The van der Waals surface area contributed by atoms with Crippen LogP contribution in [0.4, 0.5) is 0 Å². The van der Waals surface area contributed by atoms with E-state index in [-0.39, 0.29) is 11.6 Å². The van der Waals surface area contributed by atoms with Crippen molar-refractivity contribution in [1.29, 1.82) is 0 Å². The van der Waals surface area contributed by atoms with E-state index < -0.39 is 0 Å². The van der Waals surface area contributed by atoms with Crippen LogP contribution in [-0.2, 0) is 0 Å². The molecule has 0 amide bonds. The molecule has 2 N–H and O–H groups in total. The molecule has 1 rings (SSSR count). The topological polar surface area (TPSA) is 65.1 Å². The van der Waals surface area contributed by atoms with Crippen LogP contribution in [0, 0.1) is 0 Å². The maximum absolute atomic E-state index is 10.6. The third-order valence-corrected chi connectivity index (χ3v) is 1.97. The average Bonchev–Trinajstić information content (AvgIpc) is 2.41. The summed E-state index contributed by atoms with van der Waals surface area (Å²) in [7, 11) is 0. The van der Waals surface area contributed by atoms with E-state index in [0.29, 0.717) is 18.1 Å². The fourth-order valence-corrected chi connectivity index (χ4v) is 1.25. The van der Waals surface area contributed by atoms with Crippen LogP contribution in [-0.4, -0.2) is 17.2 Å². The second kappa shape index (κ2) is 3.43. The lowest BCUT2D eigenvalue weighted by Crippen LogP contribution is -2.16. The van der Waals surface area contributed by atoms with E-state index in [4.69, 9.17) is 5.84 Å². The zero-order valence-corrected chi connectivity index (χ0v) is 7.65. The molecule has 1 heterocycles. The molecule has 0 aromatic carbocycles. The van der Waals surface area contributed by atoms with E-state index >= 15 is 0 Å². The number of nitrogens with two attached hydrogens (primary N) is 1. The maximum Gasteiger partial charge on any atom is 0.169 e. The van der Waals surface area contributed by atoms with Crippen molar-refractivity contribution in [1.82, 2.24) is 4.68 Å². The zero-order valence-electron chi connectivity index (χ0n) is 7.65. The van der Waals surface area contributed by atoms with Crippen LogP contribution < -0.4 is 5.84 Å². The highest BCUT2D eigenvalue weighted by Crippen LogP contribution is 2.18. The van der Waals surface area contributed by atoms with Crippen molar-refractivity contribution < 1.29 is 9.59 Å². The number of hydrogen-bond donors (Lipinski definition) is 1. The van der Waals surface area contributed by atoms with Gasteiger partial charge in [-0.3, -0.25) is 14.3 Å². The quantitative estimate of drug-likeness (QED) is 0.556. The number of carbonyl (C=O) groups is 2. The van der Waals surface area contributed by atoms with Gasteiger partial charge in [0.25, 0.3) is 0 Å². The number of hydrogen-bond acceptors (Lipinski definition) is 3. The van der Waals surface area contributed by atoms with Crippen LogP contribution in [0.5, 0.6) is 0 Å². The Labute approximate surface area is 76.3 Å². The average molecular weight is 180 g/mol. The molecule has 0 radical (unpaired) electrons. The largest absolute Gasteiger partial charge is 0.339 e. The summed E-state index contributed by atoms with van der Waals surface area (Å²) in [6.07, 6.45) is 1.23. The van der Waals surface area contributed by atoms with Gasteiger partial charge < -0.3 is 5.84 Å². The molecule has 1 aromatic heterocycles. The first kappa shape index (κ1) is 9.51. The highest BCUT2D eigenvalue weighted by Gasteiger charge is 2.13. The molecule has 0 atom stereocenters. The van der Waals surface area contributed by atoms with E-state index in [9.17, 15) is 9.59 Å². The number of carbonyl (C=O) groups excluding carboxylic acids is 2. The molecule has 70 valence electrons. The predicted octanol–water partition coefficient (Wildman–Crippen LogP) is 0.950. The second-order valence-electron chi connectivity index (χ2n) is 3.17. The lowest BCUT2D eigenvalue weighted by atomic mass is 10.1. The first-order chi connectivity index (χ1) is 6.11. The van der Waals surface area contributed by atoms with Crippen molar-refractivity contribution in [3.05, 3.63) is 23.0 Å². The van der Waals surface area contributed by atoms with Gasteiger partial charge in [0.15, 0.2) is 12.6 Å². The first-order valence-corrected chi connectivity index (χ1v) is 4.02. The Bertz CT molecular complexity index is 340. The first-order valence-electron chi connectivity index (χ1n) is 4.02. The summed E-state index contributed by atoms with van der Waals surface area (Å²) in [6.45, 7) is 3.89. The van der Waals surface area contributed by atoms with Crippen molar-refractivity contribution in [2.75, 3.05) is 5.84 Å². The molecule has 0 saturated carbocycles. The Balaban J connectivity index is 3.34. The third-order valence-electron chi connectivity index (χ3n) is 1.97. The van der Waals surface area contributed by atoms with Gasteiger partial charge in [-0.15, -0.1) is 0 Å². The van der Waals surface area contributed by atoms with Crippen molar-refractivity contribution in [3.8, 4) is 0 Å². The molecule has 1 aromatic rings. The van der Waals surface area contributed by atoms with Crippen molar-refractivity contribution in [2.45, 2.75) is 19.8 Å². The Kier molecular flexibility index (Phi) is 2.51. The van der Waals surface area contributed by atoms with Crippen LogP contribution in [0.3, 0.4) is 0 Å². The van der Waals surface area contributed by atoms with E-state index in [1.165, 1.54) is 4.68 Å². The van der Waals surface area contributed by atoms with Gasteiger partial charge in [0.05, 0.1) is 0 Å². The standard InChI is InChI=1S/C9H12N2O2/c1-6(2)8-3-7(4-12)9(5-13)11(8)10/h3-6H,10H2,1-2H3. The number of rotatable bonds is 3. The Morgan fingerprint density at radius 1 is 1.38 bits per heavy atom. The monoisotopic (exact) mass is 180 g/mol. The molecule has 4 heteroatoms. The molecule has 0 aliphatic heterocycles. The van der Waals surface area contributed by atoms with E-state index in [0.717, 1.165) is 5.69 Å². The summed E-state index contributed by atoms with van der Waals surface area (Å²) in [6, 6.07) is 1.64. The normalized spacial score (nSPS) is 10.4. The molecule has 0 unspecified atom stereocenters. The summed E-state index contributed by atoms with van der Waals surface area (Å²) >= 11 is 0. The smallest absolute Gasteiger partial charge is 0.169 e. The van der Waals surface area contributed by atoms with E-state index in [2.05, 4.69) is 0 Å². The SMILES string of the molecule is CC(C)c1cc(C=O)c(C=O)n1N. The number of nitrogens with zero attached hydrogens (tertiary/aromatic N) is 1. The van der Waals surface area contributed by atoms with Crippen LogP contribution in [0.2, 0.25) is 0 Å². The lowest BCUT2D eigenvalue weighted by molar-refractivity contribution is 0.109. The van der Waals surface area contributed by atoms with Gasteiger partial charge in [0.2, 0.25) is 0 Å². The van der Waals surface area contributed by atoms with E-state index in [1.54, 1.807) is 6.07 Å². The molecule has 0 spiro atoms. The molecular formula is C9H12N2O2. The van der Waals surface area contributed by atoms with Crippen molar-refractivity contribution in [2.24, 2.45) is 0 Å². The lowest BCUT2D eigenvalue weighted by Gasteiger charge is -2.06.